The molecule has 23 heavy (non-hydrogen) atoms. The number of amides is 1. The Labute approximate surface area is 135 Å². The normalized spacial score (nSPS) is 10.0. The highest BCUT2D eigenvalue weighted by molar-refractivity contribution is 5.83. The molecule has 0 aliphatic carbocycles. The largest absolute Gasteiger partial charge is 0.484 e. The van der Waals surface area contributed by atoms with Crippen molar-refractivity contribution >= 4 is 11.9 Å². The van der Waals surface area contributed by atoms with E-state index in [2.05, 4.69) is 5.32 Å². The third-order valence-corrected chi connectivity index (χ3v) is 3.10. The molecular formula is C18H19NO4. The fraction of sp³-hybridized carbons (Fsp3) is 0.222. The molecule has 0 aliphatic rings. The first-order valence-corrected chi connectivity index (χ1v) is 7.27. The van der Waals surface area contributed by atoms with E-state index in [1.54, 1.807) is 24.3 Å². The van der Waals surface area contributed by atoms with Crippen LogP contribution in [0.2, 0.25) is 0 Å². The summed E-state index contributed by atoms with van der Waals surface area (Å²) in [5, 5.41) is 2.47. The van der Waals surface area contributed by atoms with Crippen LogP contribution >= 0.6 is 0 Å². The number of hydrogen-bond donors (Lipinski definition) is 1. The van der Waals surface area contributed by atoms with Crippen LogP contribution in [0.1, 0.15) is 11.1 Å². The molecule has 0 saturated carbocycles. The van der Waals surface area contributed by atoms with Crippen LogP contribution in [-0.2, 0) is 9.59 Å². The fourth-order valence-corrected chi connectivity index (χ4v) is 1.93. The first kappa shape index (κ1) is 16.5. The minimum atomic E-state index is -0.528. The minimum Gasteiger partial charge on any atom is -0.484 e. The molecule has 0 heterocycles. The molecule has 2 aromatic carbocycles. The standard InChI is InChI=1S/C18H19NO4/c1-13-6-5-8-15(10-13)23-18(21)11-19-17(20)12-22-16-9-4-3-7-14(16)2/h3-10H,11-12H2,1-2H3,(H,19,20). The van der Waals surface area contributed by atoms with E-state index in [4.69, 9.17) is 9.47 Å². The quantitative estimate of drug-likeness (QED) is 0.657. The number of benzene rings is 2. The van der Waals surface area contributed by atoms with Gasteiger partial charge in [0.25, 0.3) is 5.91 Å². The number of nitrogens with one attached hydrogen (secondary N) is 1. The zero-order valence-electron chi connectivity index (χ0n) is 13.2. The monoisotopic (exact) mass is 313 g/mol. The van der Waals surface area contributed by atoms with E-state index in [0.29, 0.717) is 11.5 Å². The molecule has 0 atom stereocenters. The van der Waals surface area contributed by atoms with Crippen LogP contribution < -0.4 is 14.8 Å². The summed E-state index contributed by atoms with van der Waals surface area (Å²) in [4.78, 5) is 23.4. The Morgan fingerprint density at radius 3 is 2.57 bits per heavy atom. The van der Waals surface area contributed by atoms with E-state index in [9.17, 15) is 9.59 Å². The molecule has 2 aromatic rings. The molecule has 0 radical (unpaired) electrons. The van der Waals surface area contributed by atoms with E-state index in [-0.39, 0.29) is 19.1 Å². The van der Waals surface area contributed by atoms with E-state index < -0.39 is 5.97 Å². The number of carbonyl (C=O) groups is 2. The molecule has 5 nitrogen and oxygen atoms in total. The van der Waals surface area contributed by atoms with Crippen molar-refractivity contribution in [2.24, 2.45) is 0 Å². The van der Waals surface area contributed by atoms with Gasteiger partial charge in [-0.1, -0.05) is 30.3 Å². The van der Waals surface area contributed by atoms with Gasteiger partial charge in [-0.25, -0.2) is 4.79 Å². The van der Waals surface area contributed by atoms with Crippen molar-refractivity contribution < 1.29 is 19.1 Å². The highest BCUT2D eigenvalue weighted by Crippen LogP contribution is 2.15. The molecule has 120 valence electrons. The maximum Gasteiger partial charge on any atom is 0.330 e. The van der Waals surface area contributed by atoms with Crippen molar-refractivity contribution in [2.45, 2.75) is 13.8 Å². The number of rotatable bonds is 6. The zero-order chi connectivity index (χ0) is 16.7. The van der Waals surface area contributed by atoms with E-state index in [0.717, 1.165) is 11.1 Å². The summed E-state index contributed by atoms with van der Waals surface area (Å²) in [6, 6.07) is 14.5. The Balaban J connectivity index is 1.74. The highest BCUT2D eigenvalue weighted by atomic mass is 16.5. The summed E-state index contributed by atoms with van der Waals surface area (Å²) < 4.78 is 10.5. The molecule has 1 amide bonds. The van der Waals surface area contributed by atoms with E-state index >= 15 is 0 Å². The fourth-order valence-electron chi connectivity index (χ4n) is 1.93. The number of ether oxygens (including phenoxy) is 2. The van der Waals surface area contributed by atoms with Crippen LogP contribution in [0.3, 0.4) is 0 Å². The maximum absolute atomic E-state index is 11.7. The Bertz CT molecular complexity index is 697. The smallest absolute Gasteiger partial charge is 0.330 e. The molecule has 0 unspecified atom stereocenters. The zero-order valence-corrected chi connectivity index (χ0v) is 13.2. The number of aryl methyl sites for hydroxylation is 2. The molecular weight excluding hydrogens is 294 g/mol. The second-order valence-corrected chi connectivity index (χ2v) is 5.12. The molecule has 0 aromatic heterocycles. The van der Waals surface area contributed by atoms with Crippen molar-refractivity contribution in [2.75, 3.05) is 13.2 Å². The van der Waals surface area contributed by atoms with Crippen LogP contribution in [0.4, 0.5) is 0 Å². The van der Waals surface area contributed by atoms with Gasteiger partial charge in [-0.05, 0) is 43.2 Å². The van der Waals surface area contributed by atoms with Gasteiger partial charge in [0.15, 0.2) is 6.61 Å². The molecule has 0 spiro atoms. The van der Waals surface area contributed by atoms with Gasteiger partial charge in [-0.15, -0.1) is 0 Å². The lowest BCUT2D eigenvalue weighted by Crippen LogP contribution is -2.35. The predicted octanol–water partition coefficient (Wildman–Crippen LogP) is 2.40. The van der Waals surface area contributed by atoms with Gasteiger partial charge in [0.05, 0.1) is 0 Å². The van der Waals surface area contributed by atoms with Crippen LogP contribution in [0.5, 0.6) is 11.5 Å². The molecule has 5 heteroatoms. The lowest BCUT2D eigenvalue weighted by Gasteiger charge is -2.09. The molecule has 0 fully saturated rings. The van der Waals surface area contributed by atoms with Gasteiger partial charge in [0.2, 0.25) is 0 Å². The summed E-state index contributed by atoms with van der Waals surface area (Å²) in [6.07, 6.45) is 0. The van der Waals surface area contributed by atoms with Gasteiger partial charge in [-0.3, -0.25) is 4.79 Å². The van der Waals surface area contributed by atoms with Gasteiger partial charge in [0, 0.05) is 0 Å². The van der Waals surface area contributed by atoms with Gasteiger partial charge in [0.1, 0.15) is 18.0 Å². The van der Waals surface area contributed by atoms with E-state index in [1.807, 2.05) is 38.1 Å². The summed E-state index contributed by atoms with van der Waals surface area (Å²) in [5.41, 5.74) is 1.94. The molecule has 1 N–H and O–H groups in total. The second-order valence-electron chi connectivity index (χ2n) is 5.12. The second kappa shape index (κ2) is 7.98. The van der Waals surface area contributed by atoms with Crippen LogP contribution in [0.25, 0.3) is 0 Å². The Morgan fingerprint density at radius 1 is 1.04 bits per heavy atom. The summed E-state index contributed by atoms with van der Waals surface area (Å²) in [7, 11) is 0. The molecule has 2 rings (SSSR count). The number of carbonyl (C=O) groups excluding carboxylic acids is 2. The van der Waals surface area contributed by atoms with Gasteiger partial charge in [-0.2, -0.15) is 0 Å². The third kappa shape index (κ3) is 5.47. The van der Waals surface area contributed by atoms with Crippen molar-refractivity contribution in [3.8, 4) is 11.5 Å². The SMILES string of the molecule is Cc1cccc(OC(=O)CNC(=O)COc2ccccc2C)c1. The first-order valence-electron chi connectivity index (χ1n) is 7.27. The third-order valence-electron chi connectivity index (χ3n) is 3.10. The average Bonchev–Trinajstić information content (AvgIpc) is 2.52. The molecule has 0 saturated heterocycles. The predicted molar refractivity (Wildman–Crippen MR) is 86.5 cm³/mol. The Morgan fingerprint density at radius 2 is 1.83 bits per heavy atom. The minimum absolute atomic E-state index is 0.150. The number of para-hydroxylation sites is 1. The van der Waals surface area contributed by atoms with Crippen LogP contribution in [-0.4, -0.2) is 25.0 Å². The van der Waals surface area contributed by atoms with Crippen molar-refractivity contribution in [3.63, 3.8) is 0 Å². The maximum atomic E-state index is 11.7. The van der Waals surface area contributed by atoms with Crippen LogP contribution in [0, 0.1) is 13.8 Å². The average molecular weight is 313 g/mol. The lowest BCUT2D eigenvalue weighted by atomic mass is 10.2. The summed E-state index contributed by atoms with van der Waals surface area (Å²) in [5.74, 6) is 0.194. The molecule has 0 bridgehead atoms. The highest BCUT2D eigenvalue weighted by Gasteiger charge is 2.09. The lowest BCUT2D eigenvalue weighted by molar-refractivity contribution is -0.135. The van der Waals surface area contributed by atoms with Gasteiger partial charge < -0.3 is 14.8 Å². The Kier molecular flexibility index (Phi) is 5.74. The summed E-state index contributed by atoms with van der Waals surface area (Å²) in [6.45, 7) is 3.45. The van der Waals surface area contributed by atoms with Crippen molar-refractivity contribution in [3.05, 3.63) is 59.7 Å². The Hall–Kier alpha value is -2.82. The number of esters is 1. The molecule has 0 aliphatic heterocycles. The number of hydrogen-bond acceptors (Lipinski definition) is 4. The summed E-state index contributed by atoms with van der Waals surface area (Å²) >= 11 is 0. The van der Waals surface area contributed by atoms with Crippen molar-refractivity contribution in [1.82, 2.24) is 5.32 Å². The van der Waals surface area contributed by atoms with Crippen molar-refractivity contribution in [1.29, 1.82) is 0 Å². The van der Waals surface area contributed by atoms with Gasteiger partial charge >= 0.3 is 5.97 Å². The van der Waals surface area contributed by atoms with Crippen LogP contribution in [0.15, 0.2) is 48.5 Å². The van der Waals surface area contributed by atoms with E-state index in [1.165, 1.54) is 0 Å². The first-order chi connectivity index (χ1) is 11.0. The topological polar surface area (TPSA) is 64.6 Å².